The summed E-state index contributed by atoms with van der Waals surface area (Å²) in [5.41, 5.74) is 5.67. The molecule has 0 saturated heterocycles. The van der Waals surface area contributed by atoms with Crippen LogP contribution in [0.15, 0.2) is 60.7 Å². The molecule has 0 aromatic heterocycles. The zero-order chi connectivity index (χ0) is 22.3. The van der Waals surface area contributed by atoms with E-state index in [0.29, 0.717) is 5.92 Å². The van der Waals surface area contributed by atoms with E-state index in [1.54, 1.807) is 11.0 Å². The lowest BCUT2D eigenvalue weighted by Crippen LogP contribution is -2.36. The molecule has 1 saturated carbocycles. The van der Waals surface area contributed by atoms with Crippen molar-refractivity contribution in [1.29, 1.82) is 0 Å². The number of amides is 1. The molecule has 0 heterocycles. The van der Waals surface area contributed by atoms with Gasteiger partial charge in [0.25, 0.3) is 0 Å². The van der Waals surface area contributed by atoms with Crippen LogP contribution in [0.4, 0.5) is 5.69 Å². The van der Waals surface area contributed by atoms with Gasteiger partial charge in [-0.25, -0.2) is 0 Å². The van der Waals surface area contributed by atoms with Crippen LogP contribution in [0.1, 0.15) is 49.3 Å². The van der Waals surface area contributed by atoms with E-state index >= 15 is 0 Å². The minimum atomic E-state index is -0.636. The van der Waals surface area contributed by atoms with Gasteiger partial charge in [-0.05, 0) is 77.8 Å². The highest BCUT2D eigenvalue weighted by atomic mass is 16.3. The average Bonchev–Trinajstić information content (AvgIpc) is 3.57. The van der Waals surface area contributed by atoms with Crippen molar-refractivity contribution in [2.24, 2.45) is 0 Å². The predicted molar refractivity (Wildman–Crippen MR) is 125 cm³/mol. The quantitative estimate of drug-likeness (QED) is 0.511. The summed E-state index contributed by atoms with van der Waals surface area (Å²) in [6, 6.07) is 19.4. The van der Waals surface area contributed by atoms with Crippen molar-refractivity contribution < 1.29 is 15.0 Å². The monoisotopic (exact) mass is 415 g/mol. The first-order valence-corrected chi connectivity index (χ1v) is 10.7. The Morgan fingerprint density at radius 2 is 1.71 bits per heavy atom. The van der Waals surface area contributed by atoms with Gasteiger partial charge in [-0.3, -0.25) is 4.79 Å². The lowest BCUT2D eigenvalue weighted by atomic mass is 9.92. The van der Waals surface area contributed by atoms with E-state index in [1.807, 2.05) is 13.1 Å². The molecule has 1 fully saturated rings. The SMILES string of the molecule is Cc1ccc(N(C)C(=O)C2(c3ccc(O)c(O)c3)CC2)cc1-c1cccc(C(C)C)c1. The lowest BCUT2D eigenvalue weighted by molar-refractivity contribution is -0.120. The van der Waals surface area contributed by atoms with Gasteiger partial charge in [0.1, 0.15) is 0 Å². The fraction of sp³-hybridized carbons (Fsp3) is 0.296. The lowest BCUT2D eigenvalue weighted by Gasteiger charge is -2.25. The van der Waals surface area contributed by atoms with E-state index in [1.165, 1.54) is 17.7 Å². The summed E-state index contributed by atoms with van der Waals surface area (Å²) >= 11 is 0. The summed E-state index contributed by atoms with van der Waals surface area (Å²) < 4.78 is 0. The standard InChI is InChI=1S/C27H29NO3/c1-17(2)19-6-5-7-20(14-19)23-16-22(10-8-18(23)3)28(4)26(31)27(12-13-27)21-9-11-24(29)25(30)15-21/h5-11,14-17,29-30H,12-13H2,1-4H3. The average molecular weight is 416 g/mol. The number of anilines is 1. The molecule has 1 aliphatic carbocycles. The Labute approximate surface area is 183 Å². The Kier molecular flexibility index (Phi) is 5.26. The number of phenols is 2. The molecule has 0 unspecified atom stereocenters. The molecule has 4 nitrogen and oxygen atoms in total. The largest absolute Gasteiger partial charge is 0.504 e. The summed E-state index contributed by atoms with van der Waals surface area (Å²) in [6.45, 7) is 6.46. The van der Waals surface area contributed by atoms with Gasteiger partial charge in [-0.2, -0.15) is 0 Å². The van der Waals surface area contributed by atoms with E-state index in [0.717, 1.165) is 40.8 Å². The van der Waals surface area contributed by atoms with Gasteiger partial charge in [-0.15, -0.1) is 0 Å². The molecular weight excluding hydrogens is 386 g/mol. The maximum Gasteiger partial charge on any atom is 0.237 e. The third-order valence-corrected chi connectivity index (χ3v) is 6.46. The van der Waals surface area contributed by atoms with E-state index in [9.17, 15) is 15.0 Å². The van der Waals surface area contributed by atoms with Crippen molar-refractivity contribution in [3.8, 4) is 22.6 Å². The molecule has 0 aliphatic heterocycles. The van der Waals surface area contributed by atoms with Crippen LogP contribution in [-0.4, -0.2) is 23.2 Å². The topological polar surface area (TPSA) is 60.8 Å². The molecular formula is C27H29NO3. The minimum Gasteiger partial charge on any atom is -0.504 e. The van der Waals surface area contributed by atoms with E-state index in [4.69, 9.17) is 0 Å². The summed E-state index contributed by atoms with van der Waals surface area (Å²) in [6.07, 6.45) is 1.46. The van der Waals surface area contributed by atoms with Crippen LogP contribution in [-0.2, 0) is 10.2 Å². The molecule has 1 amide bonds. The highest BCUT2D eigenvalue weighted by Gasteiger charge is 2.53. The number of aromatic hydroxyl groups is 2. The number of nitrogens with zero attached hydrogens (tertiary/aromatic N) is 1. The highest BCUT2D eigenvalue weighted by molar-refractivity contribution is 6.03. The van der Waals surface area contributed by atoms with Crippen molar-refractivity contribution in [3.63, 3.8) is 0 Å². The second-order valence-electron chi connectivity index (χ2n) is 8.93. The van der Waals surface area contributed by atoms with Gasteiger partial charge in [0.05, 0.1) is 5.41 Å². The molecule has 1 aliphatic rings. The molecule has 4 rings (SSSR count). The zero-order valence-electron chi connectivity index (χ0n) is 18.5. The van der Waals surface area contributed by atoms with Crippen molar-refractivity contribution in [3.05, 3.63) is 77.4 Å². The maximum absolute atomic E-state index is 13.5. The Bertz CT molecular complexity index is 1140. The van der Waals surface area contributed by atoms with Crippen LogP contribution < -0.4 is 4.90 Å². The number of hydrogen-bond acceptors (Lipinski definition) is 3. The van der Waals surface area contributed by atoms with Crippen molar-refractivity contribution in [2.45, 2.75) is 44.9 Å². The number of hydrogen-bond donors (Lipinski definition) is 2. The molecule has 160 valence electrons. The Morgan fingerprint density at radius 3 is 2.35 bits per heavy atom. The van der Waals surface area contributed by atoms with Crippen LogP contribution >= 0.6 is 0 Å². The highest BCUT2D eigenvalue weighted by Crippen LogP contribution is 2.51. The van der Waals surface area contributed by atoms with Crippen molar-refractivity contribution in [1.82, 2.24) is 0 Å². The molecule has 4 heteroatoms. The van der Waals surface area contributed by atoms with E-state index in [-0.39, 0.29) is 17.4 Å². The van der Waals surface area contributed by atoms with Gasteiger partial charge in [0.2, 0.25) is 5.91 Å². The molecule has 0 radical (unpaired) electrons. The van der Waals surface area contributed by atoms with Gasteiger partial charge in [0, 0.05) is 12.7 Å². The number of carbonyl (C=O) groups excluding carboxylic acids is 1. The zero-order valence-corrected chi connectivity index (χ0v) is 18.5. The number of phenolic OH excluding ortho intramolecular Hbond substituents is 2. The van der Waals surface area contributed by atoms with Gasteiger partial charge in [0.15, 0.2) is 11.5 Å². The van der Waals surface area contributed by atoms with Crippen LogP contribution in [0.3, 0.4) is 0 Å². The summed E-state index contributed by atoms with van der Waals surface area (Å²) in [4.78, 5) is 15.2. The first kappa shape index (κ1) is 21.0. The number of carbonyl (C=O) groups is 1. The van der Waals surface area contributed by atoms with Crippen molar-refractivity contribution in [2.75, 3.05) is 11.9 Å². The second kappa shape index (κ2) is 7.77. The number of aryl methyl sites for hydroxylation is 1. The molecule has 3 aromatic rings. The third-order valence-electron chi connectivity index (χ3n) is 6.46. The fourth-order valence-electron chi connectivity index (χ4n) is 4.21. The molecule has 3 aromatic carbocycles. The Balaban J connectivity index is 1.67. The fourth-order valence-corrected chi connectivity index (χ4v) is 4.21. The van der Waals surface area contributed by atoms with Crippen LogP contribution in [0.2, 0.25) is 0 Å². The molecule has 0 spiro atoms. The van der Waals surface area contributed by atoms with E-state index < -0.39 is 5.41 Å². The summed E-state index contributed by atoms with van der Waals surface area (Å²) in [5.74, 6) is 0.0847. The molecule has 0 bridgehead atoms. The van der Waals surface area contributed by atoms with Crippen LogP contribution in [0.25, 0.3) is 11.1 Å². The van der Waals surface area contributed by atoms with Gasteiger partial charge in [-0.1, -0.05) is 50.2 Å². The molecule has 0 atom stereocenters. The van der Waals surface area contributed by atoms with Crippen LogP contribution in [0, 0.1) is 6.92 Å². The maximum atomic E-state index is 13.5. The predicted octanol–water partition coefficient (Wildman–Crippen LogP) is 5.89. The number of likely N-dealkylation sites (N-methyl/N-ethyl adjacent to an activating group) is 1. The summed E-state index contributed by atoms with van der Waals surface area (Å²) in [5, 5.41) is 19.5. The first-order valence-electron chi connectivity index (χ1n) is 10.7. The number of benzene rings is 3. The third kappa shape index (κ3) is 3.78. The van der Waals surface area contributed by atoms with Crippen LogP contribution in [0.5, 0.6) is 11.5 Å². The summed E-state index contributed by atoms with van der Waals surface area (Å²) in [7, 11) is 1.81. The Morgan fingerprint density at radius 1 is 0.968 bits per heavy atom. The molecule has 31 heavy (non-hydrogen) atoms. The normalized spacial score (nSPS) is 14.5. The van der Waals surface area contributed by atoms with Crippen molar-refractivity contribution >= 4 is 11.6 Å². The smallest absolute Gasteiger partial charge is 0.237 e. The Hall–Kier alpha value is -3.27. The van der Waals surface area contributed by atoms with E-state index in [2.05, 4.69) is 57.2 Å². The van der Waals surface area contributed by atoms with Gasteiger partial charge >= 0.3 is 0 Å². The minimum absolute atomic E-state index is 0.00308. The molecule has 2 N–H and O–H groups in total. The van der Waals surface area contributed by atoms with Gasteiger partial charge < -0.3 is 15.1 Å². The second-order valence-corrected chi connectivity index (χ2v) is 8.93. The first-order chi connectivity index (χ1) is 14.7. The number of rotatable bonds is 5.